The van der Waals surface area contributed by atoms with E-state index in [9.17, 15) is 4.79 Å². The second-order valence-corrected chi connectivity index (χ2v) is 8.12. The minimum absolute atomic E-state index is 0.134. The zero-order valence-electron chi connectivity index (χ0n) is 16.5. The average molecular weight is 450 g/mol. The molecular weight excluding hydrogens is 430 g/mol. The van der Waals surface area contributed by atoms with Crippen LogP contribution >= 0.6 is 23.4 Å². The topological polar surface area (TPSA) is 85.8 Å². The maximum Gasteiger partial charge on any atom is 0.231 e. The molecule has 1 amide bonds. The number of thioether (sulfide) groups is 1. The Balaban J connectivity index is 1.47. The number of hydrogen-bond donors (Lipinski definition) is 2. The number of nitrogens with two attached hydrogens (primary N) is 1. The molecule has 4 aromatic rings. The SMILES string of the molecule is Nn1c(SCC(=O)NC(c2ccccc2)c2ccccc2)nnc1-c1ccccc1Cl. The van der Waals surface area contributed by atoms with Crippen LogP contribution in [0.15, 0.2) is 90.1 Å². The second-order valence-electron chi connectivity index (χ2n) is 6.77. The number of nitrogens with one attached hydrogen (secondary N) is 1. The van der Waals surface area contributed by atoms with E-state index in [2.05, 4.69) is 15.5 Å². The summed E-state index contributed by atoms with van der Waals surface area (Å²) in [6, 6.07) is 26.7. The first-order valence-electron chi connectivity index (χ1n) is 9.61. The largest absolute Gasteiger partial charge is 0.344 e. The maximum absolute atomic E-state index is 12.8. The lowest BCUT2D eigenvalue weighted by atomic mass is 9.99. The molecule has 6 nitrogen and oxygen atoms in total. The molecule has 0 saturated heterocycles. The van der Waals surface area contributed by atoms with Gasteiger partial charge >= 0.3 is 0 Å². The Kier molecular flexibility index (Phi) is 6.54. The van der Waals surface area contributed by atoms with E-state index in [-0.39, 0.29) is 17.7 Å². The molecule has 1 aromatic heterocycles. The lowest BCUT2D eigenvalue weighted by Gasteiger charge is -2.19. The van der Waals surface area contributed by atoms with Crippen LogP contribution in [0.1, 0.15) is 17.2 Å². The van der Waals surface area contributed by atoms with E-state index in [1.165, 1.54) is 16.4 Å². The van der Waals surface area contributed by atoms with Gasteiger partial charge in [-0.25, -0.2) is 4.68 Å². The summed E-state index contributed by atoms with van der Waals surface area (Å²) in [6.07, 6.45) is 0. The van der Waals surface area contributed by atoms with Crippen LogP contribution < -0.4 is 11.2 Å². The standard InChI is InChI=1S/C23H20ClN5OS/c24-19-14-8-7-13-18(19)22-27-28-23(29(22)25)31-15-20(30)26-21(16-9-3-1-4-10-16)17-11-5-2-6-12-17/h1-14,21H,15,25H2,(H,26,30). The van der Waals surface area contributed by atoms with Crippen molar-refractivity contribution in [2.45, 2.75) is 11.2 Å². The minimum Gasteiger partial charge on any atom is -0.344 e. The maximum atomic E-state index is 12.8. The van der Waals surface area contributed by atoms with Crippen LogP contribution in [0.2, 0.25) is 5.02 Å². The van der Waals surface area contributed by atoms with Crippen molar-refractivity contribution < 1.29 is 4.79 Å². The van der Waals surface area contributed by atoms with E-state index in [4.69, 9.17) is 17.4 Å². The molecular formula is C23H20ClN5OS. The van der Waals surface area contributed by atoms with Gasteiger partial charge in [0.1, 0.15) is 0 Å². The van der Waals surface area contributed by atoms with E-state index >= 15 is 0 Å². The smallest absolute Gasteiger partial charge is 0.231 e. The first-order chi connectivity index (χ1) is 15.1. The highest BCUT2D eigenvalue weighted by Gasteiger charge is 2.19. The number of rotatable bonds is 7. The zero-order valence-corrected chi connectivity index (χ0v) is 18.1. The number of aromatic nitrogens is 3. The van der Waals surface area contributed by atoms with Gasteiger partial charge in [-0.15, -0.1) is 10.2 Å². The molecule has 0 bridgehead atoms. The Hall–Kier alpha value is -3.29. The van der Waals surface area contributed by atoms with Gasteiger partial charge in [-0.05, 0) is 23.3 Å². The fourth-order valence-corrected chi connectivity index (χ4v) is 4.07. The van der Waals surface area contributed by atoms with E-state index in [0.29, 0.717) is 21.6 Å². The summed E-state index contributed by atoms with van der Waals surface area (Å²) in [4.78, 5) is 12.8. The van der Waals surface area contributed by atoms with Crippen LogP contribution in [0, 0.1) is 0 Å². The Bertz CT molecular complexity index is 1130. The molecule has 0 aliphatic heterocycles. The van der Waals surface area contributed by atoms with Gasteiger partial charge in [-0.2, -0.15) is 0 Å². The number of benzene rings is 3. The Morgan fingerprint density at radius 2 is 1.52 bits per heavy atom. The second kappa shape index (κ2) is 9.68. The number of nitrogens with zero attached hydrogens (tertiary/aromatic N) is 3. The lowest BCUT2D eigenvalue weighted by molar-refractivity contribution is -0.119. The monoisotopic (exact) mass is 449 g/mol. The summed E-state index contributed by atoms with van der Waals surface area (Å²) in [6.45, 7) is 0. The quantitative estimate of drug-likeness (QED) is 0.324. The van der Waals surface area contributed by atoms with Crippen molar-refractivity contribution in [1.82, 2.24) is 20.2 Å². The Morgan fingerprint density at radius 3 is 2.13 bits per heavy atom. The van der Waals surface area contributed by atoms with Gasteiger partial charge in [-0.1, -0.05) is 96.2 Å². The number of hydrogen-bond acceptors (Lipinski definition) is 5. The Morgan fingerprint density at radius 1 is 0.935 bits per heavy atom. The molecule has 156 valence electrons. The number of amides is 1. The highest BCUT2D eigenvalue weighted by molar-refractivity contribution is 7.99. The third-order valence-corrected chi connectivity index (χ3v) is 5.96. The van der Waals surface area contributed by atoms with Crippen LogP contribution in [0.25, 0.3) is 11.4 Å². The van der Waals surface area contributed by atoms with Gasteiger partial charge in [0.15, 0.2) is 5.82 Å². The molecule has 0 spiro atoms. The zero-order chi connectivity index (χ0) is 21.6. The molecule has 8 heteroatoms. The van der Waals surface area contributed by atoms with Crippen molar-refractivity contribution in [3.05, 3.63) is 101 Å². The highest BCUT2D eigenvalue weighted by atomic mass is 35.5. The van der Waals surface area contributed by atoms with Crippen molar-refractivity contribution in [1.29, 1.82) is 0 Å². The van der Waals surface area contributed by atoms with Gasteiger partial charge in [0, 0.05) is 5.56 Å². The number of carbonyl (C=O) groups is 1. The molecule has 0 saturated carbocycles. The third kappa shape index (κ3) is 4.90. The van der Waals surface area contributed by atoms with E-state index in [0.717, 1.165) is 11.1 Å². The Labute approximate surface area is 189 Å². The highest BCUT2D eigenvalue weighted by Crippen LogP contribution is 2.28. The van der Waals surface area contributed by atoms with Crippen LogP contribution in [0.3, 0.4) is 0 Å². The minimum atomic E-state index is -0.245. The van der Waals surface area contributed by atoms with E-state index in [1.807, 2.05) is 78.9 Å². The van der Waals surface area contributed by atoms with Gasteiger partial charge in [-0.3, -0.25) is 4.79 Å². The molecule has 1 heterocycles. The van der Waals surface area contributed by atoms with Crippen molar-refractivity contribution in [3.8, 4) is 11.4 Å². The predicted octanol–water partition coefficient (Wildman–Crippen LogP) is 4.31. The molecule has 31 heavy (non-hydrogen) atoms. The van der Waals surface area contributed by atoms with Gasteiger partial charge in [0.05, 0.1) is 16.8 Å². The van der Waals surface area contributed by atoms with Crippen LogP contribution in [0.4, 0.5) is 0 Å². The molecule has 4 rings (SSSR count). The van der Waals surface area contributed by atoms with E-state index in [1.54, 1.807) is 6.07 Å². The summed E-state index contributed by atoms with van der Waals surface area (Å²) in [5, 5.41) is 12.3. The summed E-state index contributed by atoms with van der Waals surface area (Å²) in [5.74, 6) is 6.61. The van der Waals surface area contributed by atoms with Crippen molar-refractivity contribution in [2.24, 2.45) is 0 Å². The fourth-order valence-electron chi connectivity index (χ4n) is 3.18. The summed E-state index contributed by atoms with van der Waals surface area (Å²) in [5.41, 5.74) is 2.70. The predicted molar refractivity (Wildman–Crippen MR) is 124 cm³/mol. The first kappa shape index (κ1) is 21.0. The first-order valence-corrected chi connectivity index (χ1v) is 11.0. The van der Waals surface area contributed by atoms with Gasteiger partial charge < -0.3 is 11.2 Å². The summed E-state index contributed by atoms with van der Waals surface area (Å²) < 4.78 is 1.35. The van der Waals surface area contributed by atoms with Crippen LogP contribution in [-0.4, -0.2) is 26.5 Å². The van der Waals surface area contributed by atoms with Crippen LogP contribution in [0.5, 0.6) is 0 Å². The molecule has 3 N–H and O–H groups in total. The molecule has 0 fully saturated rings. The third-order valence-electron chi connectivity index (χ3n) is 4.68. The summed E-state index contributed by atoms with van der Waals surface area (Å²) >= 11 is 7.45. The lowest BCUT2D eigenvalue weighted by Crippen LogP contribution is -2.30. The number of nitrogen functional groups attached to an aromatic ring is 1. The summed E-state index contributed by atoms with van der Waals surface area (Å²) in [7, 11) is 0. The molecule has 0 unspecified atom stereocenters. The van der Waals surface area contributed by atoms with Crippen molar-refractivity contribution in [3.63, 3.8) is 0 Å². The van der Waals surface area contributed by atoms with Gasteiger partial charge in [0.2, 0.25) is 11.1 Å². The normalized spacial score (nSPS) is 10.9. The molecule has 0 aliphatic rings. The molecule has 0 aliphatic carbocycles. The number of halogens is 1. The molecule has 0 radical (unpaired) electrons. The fraction of sp³-hybridized carbons (Fsp3) is 0.0870. The van der Waals surface area contributed by atoms with E-state index < -0.39 is 0 Å². The van der Waals surface area contributed by atoms with Crippen molar-refractivity contribution >= 4 is 29.3 Å². The average Bonchev–Trinajstić information content (AvgIpc) is 3.17. The molecule has 0 atom stereocenters. The molecule has 3 aromatic carbocycles. The number of carbonyl (C=O) groups excluding carboxylic acids is 1. The van der Waals surface area contributed by atoms with Gasteiger partial charge in [0.25, 0.3) is 0 Å². The van der Waals surface area contributed by atoms with Crippen LogP contribution in [-0.2, 0) is 4.79 Å². The van der Waals surface area contributed by atoms with Crippen molar-refractivity contribution in [2.75, 3.05) is 11.6 Å².